The van der Waals surface area contributed by atoms with Gasteiger partial charge in [-0.1, -0.05) is 30.3 Å². The number of fused-ring (bicyclic) bond motifs is 2. The van der Waals surface area contributed by atoms with E-state index in [9.17, 15) is 14.4 Å². The number of carbonyl (C=O) groups is 3. The molecule has 3 amide bonds. The molecule has 1 saturated heterocycles. The molecule has 0 radical (unpaired) electrons. The molecule has 7 nitrogen and oxygen atoms in total. The minimum atomic E-state index is -0.660. The van der Waals surface area contributed by atoms with Crippen molar-refractivity contribution in [2.24, 2.45) is 5.92 Å². The lowest BCUT2D eigenvalue weighted by Gasteiger charge is -2.28. The van der Waals surface area contributed by atoms with Crippen LogP contribution in [0.1, 0.15) is 45.6 Å². The van der Waals surface area contributed by atoms with Crippen LogP contribution in [0, 0.1) is 5.92 Å². The molecule has 2 aliphatic rings. The third-order valence-corrected chi connectivity index (χ3v) is 4.85. The van der Waals surface area contributed by atoms with Gasteiger partial charge in [-0.25, -0.2) is 14.5 Å². The van der Waals surface area contributed by atoms with Gasteiger partial charge in [-0.05, 0) is 45.6 Å². The summed E-state index contributed by atoms with van der Waals surface area (Å²) >= 11 is 0. The van der Waals surface area contributed by atoms with E-state index in [-0.39, 0.29) is 24.6 Å². The van der Waals surface area contributed by atoms with Crippen molar-refractivity contribution in [2.75, 3.05) is 0 Å². The molecule has 0 unspecified atom stereocenters. The first-order valence-electron chi connectivity index (χ1n) is 9.28. The summed E-state index contributed by atoms with van der Waals surface area (Å²) in [4.78, 5) is 38.4. The Labute approximate surface area is 159 Å². The van der Waals surface area contributed by atoms with Gasteiger partial charge in [0.25, 0.3) is 0 Å². The standard InChI is InChI=1S/C20H26N2O5/c1-20(2,3)27-19(25)22-14-9-10-16(15(11-14)17(22)23)21-18(24)26-12-13-7-5-4-6-8-13/h4-8,14-16H,9-12H2,1-3H3,(H,21,24)/t14-,15-,16-/m0/s1. The molecule has 0 aromatic heterocycles. The van der Waals surface area contributed by atoms with Crippen LogP contribution in [0.2, 0.25) is 0 Å². The maximum absolute atomic E-state index is 12.7. The van der Waals surface area contributed by atoms with Crippen molar-refractivity contribution in [3.05, 3.63) is 35.9 Å². The third kappa shape index (κ3) is 4.59. The number of amides is 3. The van der Waals surface area contributed by atoms with E-state index in [1.165, 1.54) is 4.90 Å². The average Bonchev–Trinajstić information content (AvgIpc) is 2.87. The van der Waals surface area contributed by atoms with Crippen LogP contribution in [0.25, 0.3) is 0 Å². The minimum absolute atomic E-state index is 0.157. The molecule has 2 bridgehead atoms. The molecule has 3 rings (SSSR count). The van der Waals surface area contributed by atoms with Crippen LogP contribution in [0.15, 0.2) is 30.3 Å². The highest BCUT2D eigenvalue weighted by Gasteiger charge is 2.51. The van der Waals surface area contributed by atoms with Crippen LogP contribution in [-0.2, 0) is 20.9 Å². The Morgan fingerprint density at radius 1 is 1.19 bits per heavy atom. The van der Waals surface area contributed by atoms with Crippen LogP contribution in [0.5, 0.6) is 0 Å². The Balaban J connectivity index is 1.56. The first-order valence-corrected chi connectivity index (χ1v) is 9.28. The fourth-order valence-electron chi connectivity index (χ4n) is 3.65. The van der Waals surface area contributed by atoms with E-state index in [0.29, 0.717) is 19.3 Å². The number of ether oxygens (including phenoxy) is 2. The fourth-order valence-corrected chi connectivity index (χ4v) is 3.65. The molecule has 0 spiro atoms. The van der Waals surface area contributed by atoms with Crippen LogP contribution < -0.4 is 5.32 Å². The monoisotopic (exact) mass is 374 g/mol. The van der Waals surface area contributed by atoms with E-state index in [2.05, 4.69) is 5.32 Å². The first-order chi connectivity index (χ1) is 12.7. The topological polar surface area (TPSA) is 84.9 Å². The van der Waals surface area contributed by atoms with E-state index >= 15 is 0 Å². The number of nitrogens with zero attached hydrogens (tertiary/aromatic N) is 1. The van der Waals surface area contributed by atoms with Crippen molar-refractivity contribution in [2.45, 2.75) is 64.3 Å². The van der Waals surface area contributed by atoms with Crippen LogP contribution in [-0.4, -0.2) is 40.7 Å². The lowest BCUT2D eigenvalue weighted by atomic mass is 9.85. The van der Waals surface area contributed by atoms with Gasteiger partial charge in [0, 0.05) is 12.1 Å². The van der Waals surface area contributed by atoms with Crippen LogP contribution in [0.4, 0.5) is 9.59 Å². The lowest BCUT2D eigenvalue weighted by Crippen LogP contribution is -2.44. The normalized spacial score (nSPS) is 24.5. The number of hydrogen-bond acceptors (Lipinski definition) is 5. The number of hydrogen-bond donors (Lipinski definition) is 1. The van der Waals surface area contributed by atoms with Crippen molar-refractivity contribution in [1.29, 1.82) is 0 Å². The van der Waals surface area contributed by atoms with Crippen molar-refractivity contribution in [3.8, 4) is 0 Å². The van der Waals surface area contributed by atoms with Crippen LogP contribution in [0.3, 0.4) is 0 Å². The molecule has 1 aromatic carbocycles. The lowest BCUT2D eigenvalue weighted by molar-refractivity contribution is -0.131. The number of imide groups is 1. The highest BCUT2D eigenvalue weighted by molar-refractivity contribution is 5.96. The second-order valence-corrected chi connectivity index (χ2v) is 8.07. The number of rotatable bonds is 3. The van der Waals surface area contributed by atoms with Gasteiger partial charge in [-0.15, -0.1) is 0 Å². The van der Waals surface area contributed by atoms with Gasteiger partial charge in [0.2, 0.25) is 5.91 Å². The summed E-state index contributed by atoms with van der Waals surface area (Å²) in [7, 11) is 0. The van der Waals surface area contributed by atoms with Crippen molar-refractivity contribution < 1.29 is 23.9 Å². The predicted molar refractivity (Wildman–Crippen MR) is 97.8 cm³/mol. The van der Waals surface area contributed by atoms with Gasteiger partial charge in [-0.3, -0.25) is 4.79 Å². The van der Waals surface area contributed by atoms with Gasteiger partial charge in [0.1, 0.15) is 12.2 Å². The SMILES string of the molecule is CC(C)(C)OC(=O)N1C(=O)[C@H]2C[C@@H]1CC[C@@H]2NC(=O)OCc1ccccc1. The zero-order valence-corrected chi connectivity index (χ0v) is 15.9. The van der Waals surface area contributed by atoms with Gasteiger partial charge in [0.05, 0.1) is 5.92 Å². The van der Waals surface area contributed by atoms with Crippen LogP contribution >= 0.6 is 0 Å². The molecular formula is C20H26N2O5. The molecule has 1 aliphatic carbocycles. The number of alkyl carbamates (subject to hydrolysis) is 1. The Kier molecular flexibility index (Phi) is 5.39. The molecule has 3 atom stereocenters. The number of benzene rings is 1. The number of carbonyl (C=O) groups excluding carboxylic acids is 3. The highest BCUT2D eigenvalue weighted by atomic mass is 16.6. The third-order valence-electron chi connectivity index (χ3n) is 4.85. The summed E-state index contributed by atoms with van der Waals surface area (Å²) in [5.74, 6) is -0.694. The van der Waals surface area contributed by atoms with Gasteiger partial charge >= 0.3 is 12.2 Å². The van der Waals surface area contributed by atoms with Gasteiger partial charge < -0.3 is 14.8 Å². The van der Waals surface area contributed by atoms with Crippen molar-refractivity contribution in [1.82, 2.24) is 10.2 Å². The molecule has 2 fully saturated rings. The second kappa shape index (κ2) is 7.58. The van der Waals surface area contributed by atoms with Crippen molar-refractivity contribution in [3.63, 3.8) is 0 Å². The van der Waals surface area contributed by atoms with Gasteiger partial charge in [-0.2, -0.15) is 0 Å². The summed E-state index contributed by atoms with van der Waals surface area (Å²) < 4.78 is 10.6. The average molecular weight is 374 g/mol. The Hall–Kier alpha value is -2.57. The minimum Gasteiger partial charge on any atom is -0.445 e. The van der Waals surface area contributed by atoms with Gasteiger partial charge in [0.15, 0.2) is 0 Å². The molecule has 146 valence electrons. The summed E-state index contributed by atoms with van der Waals surface area (Å²) in [6, 6.07) is 8.90. The fraction of sp³-hybridized carbons (Fsp3) is 0.550. The maximum atomic E-state index is 12.7. The molecule has 1 aromatic rings. The van der Waals surface area contributed by atoms with E-state index in [0.717, 1.165) is 5.56 Å². The molecular weight excluding hydrogens is 348 g/mol. The molecule has 1 saturated carbocycles. The predicted octanol–water partition coefficient (Wildman–Crippen LogP) is 3.23. The Morgan fingerprint density at radius 3 is 2.56 bits per heavy atom. The molecule has 27 heavy (non-hydrogen) atoms. The van der Waals surface area contributed by atoms with Crippen molar-refractivity contribution >= 4 is 18.1 Å². The maximum Gasteiger partial charge on any atom is 0.417 e. The summed E-state index contributed by atoms with van der Waals surface area (Å²) in [5, 5.41) is 2.79. The quantitative estimate of drug-likeness (QED) is 0.878. The van der Waals surface area contributed by atoms with E-state index in [1.807, 2.05) is 30.3 Å². The Bertz CT molecular complexity index is 713. The molecule has 1 aliphatic heterocycles. The smallest absolute Gasteiger partial charge is 0.417 e. The number of likely N-dealkylation sites (tertiary alicyclic amines) is 1. The Morgan fingerprint density at radius 2 is 1.89 bits per heavy atom. The molecule has 1 heterocycles. The zero-order valence-electron chi connectivity index (χ0n) is 15.9. The summed E-state index contributed by atoms with van der Waals surface area (Å²) in [6.07, 6.45) is 0.659. The largest absolute Gasteiger partial charge is 0.445 e. The van der Waals surface area contributed by atoms with E-state index < -0.39 is 23.7 Å². The molecule has 7 heteroatoms. The highest BCUT2D eigenvalue weighted by Crippen LogP contribution is 2.37. The molecule has 1 N–H and O–H groups in total. The first kappa shape index (κ1) is 19.2. The summed E-state index contributed by atoms with van der Waals surface area (Å²) in [5.41, 5.74) is 0.233. The second-order valence-electron chi connectivity index (χ2n) is 8.07. The zero-order chi connectivity index (χ0) is 19.6. The number of nitrogens with one attached hydrogen (secondary N) is 1. The van der Waals surface area contributed by atoms with E-state index in [4.69, 9.17) is 9.47 Å². The summed E-state index contributed by atoms with van der Waals surface area (Å²) in [6.45, 7) is 5.48. The van der Waals surface area contributed by atoms with E-state index in [1.54, 1.807) is 20.8 Å².